The Morgan fingerprint density at radius 3 is 2.38 bits per heavy atom. The predicted octanol–water partition coefficient (Wildman–Crippen LogP) is 1.77. The Labute approximate surface area is 125 Å². The number of aryl methyl sites for hydroxylation is 1. The van der Waals surface area contributed by atoms with Crippen LogP contribution in [0.4, 0.5) is 5.69 Å². The fraction of sp³-hybridized carbons (Fsp3) is 0.533. The third-order valence-electron chi connectivity index (χ3n) is 4.20. The van der Waals surface area contributed by atoms with Gasteiger partial charge in [-0.3, -0.25) is 9.10 Å². The maximum absolute atomic E-state index is 12.4. The van der Waals surface area contributed by atoms with E-state index in [4.69, 9.17) is 0 Å². The average Bonchev–Trinajstić information content (AvgIpc) is 3.07. The lowest BCUT2D eigenvalue weighted by atomic mass is 10.1. The fourth-order valence-electron chi connectivity index (χ4n) is 3.08. The highest BCUT2D eigenvalue weighted by atomic mass is 32.2. The van der Waals surface area contributed by atoms with Gasteiger partial charge in [0.25, 0.3) is 5.91 Å². The van der Waals surface area contributed by atoms with Crippen LogP contribution in [0.5, 0.6) is 0 Å². The second-order valence-corrected chi connectivity index (χ2v) is 7.76. The summed E-state index contributed by atoms with van der Waals surface area (Å²) in [7, 11) is -3.17. The summed E-state index contributed by atoms with van der Waals surface area (Å²) in [5.41, 5.74) is 2.19. The number of carbonyl (C=O) groups excluding carboxylic acids is 1. The number of likely N-dealkylation sites (tertiary alicyclic amines) is 1. The molecule has 0 bridgehead atoms. The van der Waals surface area contributed by atoms with Gasteiger partial charge in [-0.05, 0) is 49.9 Å². The van der Waals surface area contributed by atoms with E-state index in [0.717, 1.165) is 31.5 Å². The first-order valence-corrected chi connectivity index (χ1v) is 9.00. The van der Waals surface area contributed by atoms with Crippen molar-refractivity contribution in [2.75, 3.05) is 29.7 Å². The van der Waals surface area contributed by atoms with Gasteiger partial charge in [0.2, 0.25) is 10.0 Å². The Balaban J connectivity index is 1.88. The van der Waals surface area contributed by atoms with Crippen molar-refractivity contribution in [1.82, 2.24) is 4.90 Å². The van der Waals surface area contributed by atoms with Gasteiger partial charge < -0.3 is 4.90 Å². The maximum Gasteiger partial charge on any atom is 0.253 e. The third kappa shape index (κ3) is 2.64. The number of anilines is 1. The van der Waals surface area contributed by atoms with Crippen molar-refractivity contribution in [3.8, 4) is 0 Å². The summed E-state index contributed by atoms with van der Waals surface area (Å²) < 4.78 is 25.5. The van der Waals surface area contributed by atoms with Crippen molar-refractivity contribution < 1.29 is 13.2 Å². The van der Waals surface area contributed by atoms with Crippen LogP contribution >= 0.6 is 0 Å². The lowest BCUT2D eigenvalue weighted by Gasteiger charge is -2.21. The molecule has 0 aliphatic carbocycles. The summed E-state index contributed by atoms with van der Waals surface area (Å²) in [5.74, 6) is 0.257. The van der Waals surface area contributed by atoms with Crippen LogP contribution < -0.4 is 4.31 Å². The monoisotopic (exact) mass is 308 g/mol. The molecule has 1 amide bonds. The molecular weight excluding hydrogens is 288 g/mol. The second kappa shape index (κ2) is 5.33. The summed E-state index contributed by atoms with van der Waals surface area (Å²) in [6.45, 7) is 4.03. The average molecular weight is 308 g/mol. The molecule has 2 fully saturated rings. The molecule has 0 N–H and O–H groups in total. The van der Waals surface area contributed by atoms with Crippen molar-refractivity contribution in [1.29, 1.82) is 0 Å². The van der Waals surface area contributed by atoms with Gasteiger partial charge in [-0.1, -0.05) is 0 Å². The standard InChI is InChI=1S/C15H20N2O3S/c1-12-11-13(15(18)16-7-2-3-8-16)5-6-14(12)17-9-4-10-21(17,19)20/h5-6,11H,2-4,7-10H2,1H3. The van der Waals surface area contributed by atoms with Gasteiger partial charge in [-0.15, -0.1) is 0 Å². The Kier molecular flexibility index (Phi) is 3.65. The van der Waals surface area contributed by atoms with Crippen molar-refractivity contribution in [2.45, 2.75) is 26.2 Å². The van der Waals surface area contributed by atoms with Gasteiger partial charge in [-0.2, -0.15) is 0 Å². The summed E-state index contributed by atoms with van der Waals surface area (Å²) in [6.07, 6.45) is 2.79. The van der Waals surface area contributed by atoms with Gasteiger partial charge in [0, 0.05) is 25.2 Å². The molecule has 5 nitrogen and oxygen atoms in total. The molecule has 0 spiro atoms. The van der Waals surface area contributed by atoms with E-state index in [2.05, 4.69) is 0 Å². The Morgan fingerprint density at radius 2 is 1.81 bits per heavy atom. The highest BCUT2D eigenvalue weighted by molar-refractivity contribution is 7.93. The summed E-state index contributed by atoms with van der Waals surface area (Å²) in [5, 5.41) is 0. The predicted molar refractivity (Wildman–Crippen MR) is 82.1 cm³/mol. The van der Waals surface area contributed by atoms with Crippen molar-refractivity contribution in [3.05, 3.63) is 29.3 Å². The molecule has 0 saturated carbocycles. The van der Waals surface area contributed by atoms with E-state index in [0.29, 0.717) is 24.2 Å². The first-order valence-electron chi connectivity index (χ1n) is 7.39. The smallest absolute Gasteiger partial charge is 0.253 e. The molecule has 0 atom stereocenters. The van der Waals surface area contributed by atoms with Crippen molar-refractivity contribution in [3.63, 3.8) is 0 Å². The van der Waals surface area contributed by atoms with Gasteiger partial charge in [-0.25, -0.2) is 8.42 Å². The summed E-state index contributed by atoms with van der Waals surface area (Å²) >= 11 is 0. The van der Waals surface area contributed by atoms with E-state index in [-0.39, 0.29) is 11.7 Å². The minimum Gasteiger partial charge on any atom is -0.339 e. The number of sulfonamides is 1. The van der Waals surface area contributed by atoms with Gasteiger partial charge >= 0.3 is 0 Å². The first kappa shape index (κ1) is 14.4. The number of hydrogen-bond donors (Lipinski definition) is 0. The van der Waals surface area contributed by atoms with Crippen LogP contribution in [0, 0.1) is 6.92 Å². The molecule has 2 aliphatic heterocycles. The second-order valence-electron chi connectivity index (χ2n) is 5.74. The van der Waals surface area contributed by atoms with Crippen molar-refractivity contribution >= 4 is 21.6 Å². The van der Waals surface area contributed by atoms with Gasteiger partial charge in [0.1, 0.15) is 0 Å². The number of amides is 1. The van der Waals surface area contributed by atoms with Crippen LogP contribution in [0.25, 0.3) is 0 Å². The zero-order valence-corrected chi connectivity index (χ0v) is 13.0. The molecule has 114 valence electrons. The molecule has 0 radical (unpaired) electrons. The summed E-state index contributed by atoms with van der Waals surface area (Å²) in [6, 6.07) is 5.32. The molecule has 2 saturated heterocycles. The summed E-state index contributed by atoms with van der Waals surface area (Å²) in [4.78, 5) is 14.2. The lowest BCUT2D eigenvalue weighted by Crippen LogP contribution is -2.28. The minimum absolute atomic E-state index is 0.0476. The molecule has 1 aromatic carbocycles. The SMILES string of the molecule is Cc1cc(C(=O)N2CCCC2)ccc1N1CCCS1(=O)=O. The largest absolute Gasteiger partial charge is 0.339 e. The van der Waals surface area contributed by atoms with E-state index in [1.54, 1.807) is 12.1 Å². The fourth-order valence-corrected chi connectivity index (χ4v) is 4.71. The highest BCUT2D eigenvalue weighted by Gasteiger charge is 2.29. The third-order valence-corrected chi connectivity index (χ3v) is 6.06. The number of hydrogen-bond acceptors (Lipinski definition) is 3. The van der Waals surface area contributed by atoms with Crippen LogP contribution in [0.1, 0.15) is 35.2 Å². The maximum atomic E-state index is 12.4. The number of carbonyl (C=O) groups is 1. The Hall–Kier alpha value is -1.56. The molecule has 2 aliphatic rings. The van der Waals surface area contributed by atoms with E-state index in [9.17, 15) is 13.2 Å². The van der Waals surface area contributed by atoms with Crippen LogP contribution in [-0.2, 0) is 10.0 Å². The van der Waals surface area contributed by atoms with Crippen LogP contribution in [0.3, 0.4) is 0 Å². The molecule has 21 heavy (non-hydrogen) atoms. The van der Waals surface area contributed by atoms with Crippen LogP contribution in [-0.4, -0.2) is 44.6 Å². The molecular formula is C15H20N2O3S. The van der Waals surface area contributed by atoms with Gasteiger partial charge in [0.15, 0.2) is 0 Å². The van der Waals surface area contributed by atoms with E-state index in [1.165, 1.54) is 4.31 Å². The topological polar surface area (TPSA) is 57.7 Å². The molecule has 2 heterocycles. The Bertz CT molecular complexity index is 663. The van der Waals surface area contributed by atoms with Crippen LogP contribution in [0.2, 0.25) is 0 Å². The zero-order chi connectivity index (χ0) is 15.0. The van der Waals surface area contributed by atoms with E-state index in [1.807, 2.05) is 17.9 Å². The first-order chi connectivity index (χ1) is 9.99. The molecule has 6 heteroatoms. The van der Waals surface area contributed by atoms with Gasteiger partial charge in [0.05, 0.1) is 11.4 Å². The molecule has 3 rings (SSSR count). The molecule has 0 unspecified atom stereocenters. The highest BCUT2D eigenvalue weighted by Crippen LogP contribution is 2.28. The van der Waals surface area contributed by atoms with E-state index < -0.39 is 10.0 Å². The van der Waals surface area contributed by atoms with Crippen LogP contribution in [0.15, 0.2) is 18.2 Å². The number of benzene rings is 1. The molecule has 1 aromatic rings. The lowest BCUT2D eigenvalue weighted by molar-refractivity contribution is 0.0793. The Morgan fingerprint density at radius 1 is 1.10 bits per heavy atom. The zero-order valence-electron chi connectivity index (χ0n) is 12.2. The van der Waals surface area contributed by atoms with Crippen molar-refractivity contribution in [2.24, 2.45) is 0 Å². The minimum atomic E-state index is -3.17. The molecule has 0 aromatic heterocycles. The normalized spacial score (nSPS) is 21.0. The van der Waals surface area contributed by atoms with E-state index >= 15 is 0 Å². The quantitative estimate of drug-likeness (QED) is 0.836. The number of nitrogens with zero attached hydrogens (tertiary/aromatic N) is 2. The number of rotatable bonds is 2.